The fourth-order valence-electron chi connectivity index (χ4n) is 3.34. The molecule has 0 heterocycles. The second-order valence-corrected chi connectivity index (χ2v) is 5.53. The van der Waals surface area contributed by atoms with Gasteiger partial charge in [-0.25, -0.2) is 0 Å². The van der Waals surface area contributed by atoms with Gasteiger partial charge in [0.25, 0.3) is 0 Å². The molecule has 1 nitrogen and oxygen atoms in total. The maximum Gasteiger partial charge on any atom is 0.0995 e. The van der Waals surface area contributed by atoms with E-state index in [1.807, 2.05) is 12.1 Å². The molecule has 4 rings (SSSR count). The van der Waals surface area contributed by atoms with Crippen molar-refractivity contribution < 1.29 is 0 Å². The second-order valence-electron chi connectivity index (χ2n) is 5.53. The Kier molecular flexibility index (Phi) is 2.22. The molecule has 0 unspecified atom stereocenters. The smallest absolute Gasteiger partial charge is 0.0995 e. The van der Waals surface area contributed by atoms with Crippen molar-refractivity contribution in [1.29, 1.82) is 5.26 Å². The molecule has 0 bridgehead atoms. The van der Waals surface area contributed by atoms with Crippen LogP contribution in [0.3, 0.4) is 0 Å². The first-order valence-corrected chi connectivity index (χ1v) is 6.82. The highest BCUT2D eigenvalue weighted by Crippen LogP contribution is 2.40. The lowest BCUT2D eigenvalue weighted by molar-refractivity contribution is 0.703. The Morgan fingerprint density at radius 1 is 0.850 bits per heavy atom. The SMILES string of the molecule is N#CC1=CC2(C=c3ccccc3=C2)Cc2ccccc21. The van der Waals surface area contributed by atoms with Crippen molar-refractivity contribution in [3.63, 3.8) is 0 Å². The lowest BCUT2D eigenvalue weighted by Crippen LogP contribution is -2.19. The van der Waals surface area contributed by atoms with Crippen molar-refractivity contribution in [1.82, 2.24) is 0 Å². The van der Waals surface area contributed by atoms with Gasteiger partial charge in [-0.15, -0.1) is 0 Å². The van der Waals surface area contributed by atoms with E-state index in [-0.39, 0.29) is 5.41 Å². The molecule has 0 saturated carbocycles. The lowest BCUT2D eigenvalue weighted by Gasteiger charge is -2.28. The second kappa shape index (κ2) is 3.95. The molecule has 0 radical (unpaired) electrons. The molecule has 2 aromatic rings. The number of rotatable bonds is 0. The molecular formula is C19H13N. The summed E-state index contributed by atoms with van der Waals surface area (Å²) >= 11 is 0. The highest BCUT2D eigenvalue weighted by molar-refractivity contribution is 5.84. The number of hydrogen-bond donors (Lipinski definition) is 0. The van der Waals surface area contributed by atoms with Crippen LogP contribution in [0, 0.1) is 16.7 Å². The van der Waals surface area contributed by atoms with E-state index in [9.17, 15) is 5.26 Å². The third-order valence-electron chi connectivity index (χ3n) is 4.18. The van der Waals surface area contributed by atoms with Crippen molar-refractivity contribution in [2.75, 3.05) is 0 Å². The van der Waals surface area contributed by atoms with Gasteiger partial charge in [0, 0.05) is 5.41 Å². The van der Waals surface area contributed by atoms with Crippen LogP contribution in [0.1, 0.15) is 11.1 Å². The van der Waals surface area contributed by atoms with Crippen LogP contribution in [0.5, 0.6) is 0 Å². The Labute approximate surface area is 117 Å². The average molecular weight is 255 g/mol. The highest BCUT2D eigenvalue weighted by atomic mass is 14.4. The first kappa shape index (κ1) is 11.3. The lowest BCUT2D eigenvalue weighted by atomic mass is 9.74. The van der Waals surface area contributed by atoms with Crippen LogP contribution < -0.4 is 10.4 Å². The fraction of sp³-hybridized carbons (Fsp3) is 0.105. The summed E-state index contributed by atoms with van der Waals surface area (Å²) in [4.78, 5) is 0. The molecule has 0 fully saturated rings. The predicted molar refractivity (Wildman–Crippen MR) is 80.8 cm³/mol. The number of nitriles is 1. The topological polar surface area (TPSA) is 23.8 Å². The number of hydrogen-bond acceptors (Lipinski definition) is 1. The molecule has 0 aromatic heterocycles. The van der Waals surface area contributed by atoms with Gasteiger partial charge < -0.3 is 0 Å². The van der Waals surface area contributed by atoms with Crippen LogP contribution in [0.15, 0.2) is 54.6 Å². The molecule has 2 aromatic carbocycles. The van der Waals surface area contributed by atoms with E-state index in [1.165, 1.54) is 16.0 Å². The van der Waals surface area contributed by atoms with Gasteiger partial charge >= 0.3 is 0 Å². The van der Waals surface area contributed by atoms with E-state index in [0.717, 1.165) is 17.6 Å². The van der Waals surface area contributed by atoms with Gasteiger partial charge in [-0.2, -0.15) is 5.26 Å². The minimum absolute atomic E-state index is 0.136. The van der Waals surface area contributed by atoms with Gasteiger partial charge in [-0.1, -0.05) is 66.8 Å². The fourth-order valence-corrected chi connectivity index (χ4v) is 3.34. The zero-order chi connectivity index (χ0) is 13.6. The molecule has 0 atom stereocenters. The van der Waals surface area contributed by atoms with Crippen LogP contribution >= 0.6 is 0 Å². The van der Waals surface area contributed by atoms with E-state index in [1.54, 1.807) is 0 Å². The van der Waals surface area contributed by atoms with E-state index >= 15 is 0 Å². The maximum absolute atomic E-state index is 9.45. The van der Waals surface area contributed by atoms with Crippen LogP contribution in [0.2, 0.25) is 0 Å². The van der Waals surface area contributed by atoms with Gasteiger partial charge in [0.2, 0.25) is 0 Å². The molecule has 1 heteroatoms. The summed E-state index contributed by atoms with van der Waals surface area (Å²) in [7, 11) is 0. The average Bonchev–Trinajstić information content (AvgIpc) is 2.83. The van der Waals surface area contributed by atoms with Gasteiger partial charge in [0.1, 0.15) is 0 Å². The summed E-state index contributed by atoms with van der Waals surface area (Å²) < 4.78 is 0. The summed E-state index contributed by atoms with van der Waals surface area (Å²) in [6.45, 7) is 0. The monoisotopic (exact) mass is 255 g/mol. The minimum Gasteiger partial charge on any atom is -0.192 e. The van der Waals surface area contributed by atoms with Crippen molar-refractivity contribution in [3.8, 4) is 6.07 Å². The summed E-state index contributed by atoms with van der Waals surface area (Å²) in [6.07, 6.45) is 7.63. The van der Waals surface area contributed by atoms with Crippen LogP contribution in [0.4, 0.5) is 0 Å². The predicted octanol–water partition coefficient (Wildman–Crippen LogP) is 2.41. The molecule has 2 aliphatic carbocycles. The number of nitrogens with zero attached hydrogens (tertiary/aromatic N) is 1. The number of benzene rings is 2. The van der Waals surface area contributed by atoms with Crippen molar-refractivity contribution in [3.05, 3.63) is 76.2 Å². The third-order valence-corrected chi connectivity index (χ3v) is 4.18. The summed E-state index contributed by atoms with van der Waals surface area (Å²) in [5.41, 5.74) is 2.99. The number of allylic oxidation sites excluding steroid dienone is 2. The van der Waals surface area contributed by atoms with Crippen molar-refractivity contribution in [2.45, 2.75) is 6.42 Å². The van der Waals surface area contributed by atoms with Gasteiger partial charge in [0.15, 0.2) is 0 Å². The van der Waals surface area contributed by atoms with Gasteiger partial charge in [-0.05, 0) is 28.0 Å². The maximum atomic E-state index is 9.45. The molecule has 2 aliphatic rings. The standard InChI is InChI=1S/C19H13N/c20-13-17-12-19(11-16-7-3-4-8-18(16)17)9-14-5-1-2-6-15(14)10-19/h1-10,12H,11H2. The van der Waals surface area contributed by atoms with Gasteiger partial charge in [0.05, 0.1) is 11.6 Å². The highest BCUT2D eigenvalue weighted by Gasteiger charge is 2.31. The molecule has 0 aliphatic heterocycles. The summed E-state index contributed by atoms with van der Waals surface area (Å²) in [5.74, 6) is 0. The Morgan fingerprint density at radius 2 is 1.50 bits per heavy atom. The van der Waals surface area contributed by atoms with Crippen molar-refractivity contribution >= 4 is 17.7 Å². The molecule has 20 heavy (non-hydrogen) atoms. The normalized spacial score (nSPS) is 17.2. The molecule has 0 amide bonds. The quantitative estimate of drug-likeness (QED) is 0.709. The Hall–Kier alpha value is -2.59. The largest absolute Gasteiger partial charge is 0.192 e. The molecule has 94 valence electrons. The van der Waals surface area contributed by atoms with Crippen LogP contribution in [0.25, 0.3) is 17.7 Å². The van der Waals surface area contributed by atoms with E-state index in [2.05, 4.69) is 60.7 Å². The zero-order valence-corrected chi connectivity index (χ0v) is 11.0. The first-order chi connectivity index (χ1) is 9.80. The van der Waals surface area contributed by atoms with E-state index in [0.29, 0.717) is 0 Å². The number of fused-ring (bicyclic) bond motifs is 2. The first-order valence-electron chi connectivity index (χ1n) is 6.82. The third kappa shape index (κ3) is 1.55. The summed E-state index contributed by atoms with van der Waals surface area (Å²) in [6, 6.07) is 19.0. The Morgan fingerprint density at radius 3 is 2.20 bits per heavy atom. The molecule has 1 spiro atoms. The van der Waals surface area contributed by atoms with E-state index < -0.39 is 0 Å². The van der Waals surface area contributed by atoms with E-state index in [4.69, 9.17) is 0 Å². The van der Waals surface area contributed by atoms with Crippen molar-refractivity contribution in [2.24, 2.45) is 5.41 Å². The molecule has 0 N–H and O–H groups in total. The Bertz CT molecular complexity index is 859. The zero-order valence-electron chi connectivity index (χ0n) is 11.0. The summed E-state index contributed by atoms with van der Waals surface area (Å²) in [5, 5.41) is 12.0. The molecular weight excluding hydrogens is 242 g/mol. The molecule has 0 saturated heterocycles. The van der Waals surface area contributed by atoms with Crippen LogP contribution in [-0.4, -0.2) is 0 Å². The van der Waals surface area contributed by atoms with Crippen LogP contribution in [-0.2, 0) is 6.42 Å². The Balaban J connectivity index is 1.97. The minimum atomic E-state index is -0.136. The van der Waals surface area contributed by atoms with Gasteiger partial charge in [-0.3, -0.25) is 0 Å².